The molecule has 1 aliphatic carbocycles. The van der Waals surface area contributed by atoms with Crippen molar-refractivity contribution in [3.63, 3.8) is 0 Å². The number of nitrogens with one attached hydrogen (secondary N) is 1. The molecule has 1 saturated carbocycles. The van der Waals surface area contributed by atoms with E-state index in [9.17, 15) is 4.79 Å². The van der Waals surface area contributed by atoms with Crippen LogP contribution in [0.1, 0.15) is 75.2 Å². The molecule has 7 rings (SSSR count). The van der Waals surface area contributed by atoms with Gasteiger partial charge in [-0.15, -0.1) is 0 Å². The predicted octanol–water partition coefficient (Wildman–Crippen LogP) is 4.63. The molecule has 0 unspecified atom stereocenters. The van der Waals surface area contributed by atoms with Crippen molar-refractivity contribution in [1.29, 1.82) is 0 Å². The van der Waals surface area contributed by atoms with E-state index in [0.717, 1.165) is 99.5 Å². The van der Waals surface area contributed by atoms with Crippen molar-refractivity contribution in [2.75, 3.05) is 62.7 Å². The zero-order valence-electron chi connectivity index (χ0n) is 24.5. The number of amides is 1. The fourth-order valence-electron chi connectivity index (χ4n) is 6.50. The molecule has 41 heavy (non-hydrogen) atoms. The third-order valence-corrected chi connectivity index (χ3v) is 8.94. The van der Waals surface area contributed by atoms with Gasteiger partial charge < -0.3 is 29.3 Å². The molecule has 4 aliphatic heterocycles. The number of hydrogen-bond donors (Lipinski definition) is 1. The lowest BCUT2D eigenvalue weighted by atomic mass is 9.90. The highest BCUT2D eigenvalue weighted by Crippen LogP contribution is 2.49. The van der Waals surface area contributed by atoms with Crippen LogP contribution >= 0.6 is 0 Å². The Morgan fingerprint density at radius 3 is 2.51 bits per heavy atom. The maximum absolute atomic E-state index is 12.5. The van der Waals surface area contributed by atoms with Gasteiger partial charge in [-0.3, -0.25) is 9.88 Å². The SMILES string of the molecule is CC(C)(C)OC(=O)N1CCC(N2CC(c3cc4c(c(C5CC5)n3)OCc3c(N5CCOCC5)ccnc3N4)C2)CC1. The molecule has 10 nitrogen and oxygen atoms in total. The summed E-state index contributed by atoms with van der Waals surface area (Å²) in [4.78, 5) is 29.2. The lowest BCUT2D eigenvalue weighted by Crippen LogP contribution is -2.55. The summed E-state index contributed by atoms with van der Waals surface area (Å²) >= 11 is 0. The summed E-state index contributed by atoms with van der Waals surface area (Å²) in [5.41, 5.74) is 5.06. The van der Waals surface area contributed by atoms with Crippen molar-refractivity contribution < 1.29 is 19.0 Å². The van der Waals surface area contributed by atoms with Gasteiger partial charge in [-0.2, -0.15) is 0 Å². The number of anilines is 3. The van der Waals surface area contributed by atoms with Crippen molar-refractivity contribution in [2.45, 2.75) is 76.5 Å². The molecule has 1 N–H and O–H groups in total. The van der Waals surface area contributed by atoms with Gasteiger partial charge in [-0.05, 0) is 58.6 Å². The fourth-order valence-corrected chi connectivity index (χ4v) is 6.50. The first kappa shape index (κ1) is 26.8. The fraction of sp³-hybridized carbons (Fsp3) is 0.645. The van der Waals surface area contributed by atoms with Crippen LogP contribution < -0.4 is 15.0 Å². The maximum Gasteiger partial charge on any atom is 0.410 e. The van der Waals surface area contributed by atoms with Crippen LogP contribution in [0.15, 0.2) is 18.3 Å². The van der Waals surface area contributed by atoms with E-state index < -0.39 is 5.60 Å². The summed E-state index contributed by atoms with van der Waals surface area (Å²) in [5.74, 6) is 2.65. The minimum atomic E-state index is -0.456. The summed E-state index contributed by atoms with van der Waals surface area (Å²) in [5, 5.41) is 3.66. The molecule has 0 atom stereocenters. The van der Waals surface area contributed by atoms with E-state index in [2.05, 4.69) is 27.2 Å². The first-order valence-corrected chi connectivity index (χ1v) is 15.3. The standard InChI is InChI=1S/C31H42N6O4/c1-31(2,3)41-30(38)36-10-7-22(8-11-36)37-17-21(18-37)24-16-25-28(27(33-24)20-4-5-20)40-19-23-26(6-9-32-29(23)34-25)35-12-14-39-15-13-35/h6,9,16,20-22H,4-5,7-8,10-15,17-19H2,1-3H3,(H,32,34). The molecule has 220 valence electrons. The second-order valence-electron chi connectivity index (χ2n) is 13.1. The lowest BCUT2D eigenvalue weighted by Gasteiger charge is -2.47. The van der Waals surface area contributed by atoms with Crippen LogP contribution in [0.3, 0.4) is 0 Å². The number of rotatable bonds is 4. The molecule has 6 heterocycles. The van der Waals surface area contributed by atoms with Crippen molar-refractivity contribution >= 4 is 23.3 Å². The molecule has 2 aromatic rings. The first-order valence-electron chi connectivity index (χ1n) is 15.3. The number of nitrogens with zero attached hydrogens (tertiary/aromatic N) is 5. The molecule has 0 bridgehead atoms. The number of morpholine rings is 1. The van der Waals surface area contributed by atoms with Crippen LogP contribution in [-0.2, 0) is 16.1 Å². The number of hydrogen-bond acceptors (Lipinski definition) is 9. The second-order valence-corrected chi connectivity index (χ2v) is 13.1. The number of fused-ring (bicyclic) bond motifs is 2. The van der Waals surface area contributed by atoms with E-state index >= 15 is 0 Å². The lowest BCUT2D eigenvalue weighted by molar-refractivity contribution is 0.00566. The summed E-state index contributed by atoms with van der Waals surface area (Å²) in [6, 6.07) is 4.80. The summed E-state index contributed by atoms with van der Waals surface area (Å²) in [6.45, 7) is 13.0. The molecule has 0 radical (unpaired) electrons. The quantitative estimate of drug-likeness (QED) is 0.573. The Morgan fingerprint density at radius 1 is 1.05 bits per heavy atom. The number of piperidine rings is 1. The number of aromatic nitrogens is 2. The number of carbonyl (C=O) groups is 1. The smallest absolute Gasteiger partial charge is 0.410 e. The number of pyridine rings is 2. The van der Waals surface area contributed by atoms with E-state index in [4.69, 9.17) is 24.2 Å². The van der Waals surface area contributed by atoms with E-state index in [-0.39, 0.29) is 6.09 Å². The third kappa shape index (κ3) is 5.56. The maximum atomic E-state index is 12.5. The van der Waals surface area contributed by atoms with E-state index in [0.29, 0.717) is 24.5 Å². The van der Waals surface area contributed by atoms with Gasteiger partial charge in [0.1, 0.15) is 18.0 Å². The molecular formula is C31H42N6O4. The monoisotopic (exact) mass is 562 g/mol. The number of likely N-dealkylation sites (tertiary alicyclic amines) is 2. The zero-order valence-corrected chi connectivity index (χ0v) is 24.5. The number of ether oxygens (including phenoxy) is 3. The van der Waals surface area contributed by atoms with Crippen LogP contribution in [0.5, 0.6) is 5.75 Å². The van der Waals surface area contributed by atoms with Crippen molar-refractivity contribution in [3.8, 4) is 5.75 Å². The molecule has 4 fully saturated rings. The van der Waals surface area contributed by atoms with Crippen molar-refractivity contribution in [1.82, 2.24) is 19.8 Å². The van der Waals surface area contributed by atoms with Gasteiger partial charge in [-0.1, -0.05) is 0 Å². The Bertz CT molecular complexity index is 1290. The molecule has 1 amide bonds. The summed E-state index contributed by atoms with van der Waals surface area (Å²) < 4.78 is 17.7. The Balaban J connectivity index is 1.04. The van der Waals surface area contributed by atoms with Gasteiger partial charge in [0.25, 0.3) is 0 Å². The van der Waals surface area contributed by atoms with Gasteiger partial charge in [0.2, 0.25) is 0 Å². The van der Waals surface area contributed by atoms with Crippen LogP contribution in [-0.4, -0.2) is 90.0 Å². The third-order valence-electron chi connectivity index (χ3n) is 8.94. The average Bonchev–Trinajstić information content (AvgIpc) is 3.78. The van der Waals surface area contributed by atoms with Gasteiger partial charge in [0.15, 0.2) is 5.75 Å². The Hall–Kier alpha value is -3.11. The van der Waals surface area contributed by atoms with Crippen LogP contribution in [0.2, 0.25) is 0 Å². The largest absolute Gasteiger partial charge is 0.485 e. The van der Waals surface area contributed by atoms with E-state index in [1.807, 2.05) is 31.9 Å². The Kier molecular flexibility index (Phi) is 6.93. The second kappa shape index (κ2) is 10.6. The molecule has 10 heteroatoms. The highest BCUT2D eigenvalue weighted by Gasteiger charge is 2.39. The summed E-state index contributed by atoms with van der Waals surface area (Å²) in [6.07, 6.45) is 6.01. The molecule has 0 aromatic carbocycles. The van der Waals surface area contributed by atoms with E-state index in [1.54, 1.807) is 0 Å². The number of carbonyl (C=O) groups excluding carboxylic acids is 1. The average molecular weight is 563 g/mol. The molecular weight excluding hydrogens is 520 g/mol. The molecule has 5 aliphatic rings. The molecule has 0 spiro atoms. The van der Waals surface area contributed by atoms with Crippen LogP contribution in [0.4, 0.5) is 22.0 Å². The molecule has 3 saturated heterocycles. The van der Waals surface area contributed by atoms with Crippen molar-refractivity contribution in [2.24, 2.45) is 0 Å². The van der Waals surface area contributed by atoms with Gasteiger partial charge in [-0.25, -0.2) is 9.78 Å². The predicted molar refractivity (Wildman–Crippen MR) is 156 cm³/mol. The van der Waals surface area contributed by atoms with Crippen molar-refractivity contribution in [3.05, 3.63) is 35.3 Å². The van der Waals surface area contributed by atoms with Gasteiger partial charge in [0.05, 0.1) is 30.2 Å². The van der Waals surface area contributed by atoms with Gasteiger partial charge in [0, 0.05) is 74.7 Å². The Labute approximate surface area is 242 Å². The highest BCUT2D eigenvalue weighted by atomic mass is 16.6. The molecule has 2 aromatic heterocycles. The van der Waals surface area contributed by atoms with E-state index in [1.165, 1.54) is 18.5 Å². The first-order chi connectivity index (χ1) is 19.8. The zero-order chi connectivity index (χ0) is 28.1. The van der Waals surface area contributed by atoms with Crippen LogP contribution in [0, 0.1) is 0 Å². The topological polar surface area (TPSA) is 92.3 Å². The minimum Gasteiger partial charge on any atom is -0.485 e. The minimum absolute atomic E-state index is 0.193. The summed E-state index contributed by atoms with van der Waals surface area (Å²) in [7, 11) is 0. The van der Waals surface area contributed by atoms with Crippen LogP contribution in [0.25, 0.3) is 0 Å². The highest BCUT2D eigenvalue weighted by molar-refractivity contribution is 5.74. The van der Waals surface area contributed by atoms with Gasteiger partial charge >= 0.3 is 6.09 Å². The Morgan fingerprint density at radius 2 is 1.80 bits per heavy atom. The normalized spacial score (nSPS) is 22.1.